The number of nitrogens with zero attached hydrogens (tertiary/aromatic N) is 2. The molecule has 0 amide bonds. The Balaban J connectivity index is 2.02. The second kappa shape index (κ2) is 6.47. The summed E-state index contributed by atoms with van der Waals surface area (Å²) in [6.07, 6.45) is 1.51. The largest absolute Gasteiger partial charge is 0.339 e. The summed E-state index contributed by atoms with van der Waals surface area (Å²) in [5, 5.41) is 3.43. The van der Waals surface area contributed by atoms with E-state index >= 15 is 0 Å². The number of fused-ring (bicyclic) bond motifs is 1. The van der Waals surface area contributed by atoms with Gasteiger partial charge in [-0.15, -0.1) is 0 Å². The Morgan fingerprint density at radius 3 is 2.78 bits per heavy atom. The number of H-pyrrole nitrogens is 2. The summed E-state index contributed by atoms with van der Waals surface area (Å²) in [5.41, 5.74) is 3.13. The molecule has 0 bridgehead atoms. The predicted molar refractivity (Wildman–Crippen MR) is 93.1 cm³/mol. The standard InChI is InChI=1S/C16H19N5OS/c1-10(2)17-7-11-5-3-4-6-12(11)8-21-14-13(18-9-19-14)15(22)20-16(21)23/h3-6,9-10,17H,7-8H2,1-2H3,(H,18,19)(H,20,22,23). The van der Waals surface area contributed by atoms with Crippen LogP contribution >= 0.6 is 12.2 Å². The van der Waals surface area contributed by atoms with Crippen molar-refractivity contribution >= 4 is 23.4 Å². The fourth-order valence-corrected chi connectivity index (χ4v) is 2.74. The molecule has 1 aromatic carbocycles. The van der Waals surface area contributed by atoms with E-state index in [0.29, 0.717) is 28.5 Å². The zero-order valence-electron chi connectivity index (χ0n) is 13.1. The van der Waals surface area contributed by atoms with Gasteiger partial charge in [-0.2, -0.15) is 0 Å². The fraction of sp³-hybridized carbons (Fsp3) is 0.312. The number of aromatic nitrogens is 4. The van der Waals surface area contributed by atoms with Crippen LogP contribution in [0.1, 0.15) is 25.0 Å². The minimum Gasteiger partial charge on any atom is -0.339 e. The maximum atomic E-state index is 11.9. The summed E-state index contributed by atoms with van der Waals surface area (Å²) in [5.74, 6) is 0. The topological polar surface area (TPSA) is 78.5 Å². The monoisotopic (exact) mass is 329 g/mol. The zero-order valence-corrected chi connectivity index (χ0v) is 13.9. The number of benzene rings is 1. The van der Waals surface area contributed by atoms with E-state index in [1.165, 1.54) is 11.9 Å². The SMILES string of the molecule is CC(C)NCc1ccccc1Cn1c(=S)[nH]c(=O)c2[nH]cnc21. The molecular weight excluding hydrogens is 310 g/mol. The first-order chi connectivity index (χ1) is 11.1. The molecular formula is C16H19N5OS. The molecule has 3 rings (SSSR count). The molecule has 0 fully saturated rings. The average molecular weight is 329 g/mol. The molecule has 6 nitrogen and oxygen atoms in total. The molecule has 0 aliphatic carbocycles. The van der Waals surface area contributed by atoms with E-state index in [1.54, 1.807) is 0 Å². The van der Waals surface area contributed by atoms with E-state index in [1.807, 2.05) is 16.7 Å². The average Bonchev–Trinajstić information content (AvgIpc) is 3.00. The van der Waals surface area contributed by atoms with E-state index in [4.69, 9.17) is 12.2 Å². The van der Waals surface area contributed by atoms with E-state index in [2.05, 4.69) is 46.2 Å². The van der Waals surface area contributed by atoms with Crippen LogP contribution in [0.2, 0.25) is 0 Å². The van der Waals surface area contributed by atoms with Crippen LogP contribution in [0.15, 0.2) is 35.4 Å². The highest BCUT2D eigenvalue weighted by atomic mass is 32.1. The van der Waals surface area contributed by atoms with Gasteiger partial charge in [0.15, 0.2) is 10.4 Å². The Morgan fingerprint density at radius 1 is 1.30 bits per heavy atom. The third kappa shape index (κ3) is 3.25. The highest BCUT2D eigenvalue weighted by Gasteiger charge is 2.10. The van der Waals surface area contributed by atoms with Crippen molar-refractivity contribution in [2.24, 2.45) is 0 Å². The van der Waals surface area contributed by atoms with Gasteiger partial charge in [0.2, 0.25) is 0 Å². The lowest BCUT2D eigenvalue weighted by Crippen LogP contribution is -2.23. The number of hydrogen-bond donors (Lipinski definition) is 3. The molecule has 7 heteroatoms. The molecule has 23 heavy (non-hydrogen) atoms. The van der Waals surface area contributed by atoms with Crippen LogP contribution in [0.25, 0.3) is 11.2 Å². The van der Waals surface area contributed by atoms with Gasteiger partial charge >= 0.3 is 0 Å². The van der Waals surface area contributed by atoms with Crippen molar-refractivity contribution in [1.29, 1.82) is 0 Å². The highest BCUT2D eigenvalue weighted by molar-refractivity contribution is 7.71. The van der Waals surface area contributed by atoms with Gasteiger partial charge < -0.3 is 10.3 Å². The quantitative estimate of drug-likeness (QED) is 0.628. The van der Waals surface area contributed by atoms with Crippen molar-refractivity contribution in [3.05, 3.63) is 56.8 Å². The number of rotatable bonds is 5. The van der Waals surface area contributed by atoms with Crippen LogP contribution in [0, 0.1) is 4.77 Å². The van der Waals surface area contributed by atoms with Crippen LogP contribution in [0.5, 0.6) is 0 Å². The van der Waals surface area contributed by atoms with Crippen LogP contribution in [0.3, 0.4) is 0 Å². The summed E-state index contributed by atoms with van der Waals surface area (Å²) in [6, 6.07) is 8.61. The lowest BCUT2D eigenvalue weighted by Gasteiger charge is -2.14. The van der Waals surface area contributed by atoms with Crippen molar-refractivity contribution in [2.45, 2.75) is 33.0 Å². The molecule has 3 N–H and O–H groups in total. The smallest absolute Gasteiger partial charge is 0.277 e. The van der Waals surface area contributed by atoms with E-state index in [9.17, 15) is 4.79 Å². The molecule has 0 saturated carbocycles. The van der Waals surface area contributed by atoms with Gasteiger partial charge in [0.1, 0.15) is 5.52 Å². The predicted octanol–water partition coefficient (Wildman–Crippen LogP) is 2.33. The number of nitrogens with one attached hydrogen (secondary N) is 3. The Kier molecular flexibility index (Phi) is 4.40. The Morgan fingerprint density at radius 2 is 2.04 bits per heavy atom. The number of imidazole rings is 1. The molecule has 120 valence electrons. The third-order valence-corrected chi connectivity index (χ3v) is 4.04. The minimum atomic E-state index is -0.242. The molecule has 2 heterocycles. The first-order valence-electron chi connectivity index (χ1n) is 7.52. The molecule has 3 aromatic rings. The maximum Gasteiger partial charge on any atom is 0.277 e. The zero-order chi connectivity index (χ0) is 16.4. The molecule has 0 atom stereocenters. The normalized spacial score (nSPS) is 11.4. The fourth-order valence-electron chi connectivity index (χ4n) is 2.50. The third-order valence-electron chi connectivity index (χ3n) is 3.72. The second-order valence-corrected chi connectivity index (χ2v) is 6.14. The van der Waals surface area contributed by atoms with Crippen LogP contribution < -0.4 is 10.9 Å². The van der Waals surface area contributed by atoms with Gasteiger partial charge in [-0.25, -0.2) is 4.98 Å². The summed E-state index contributed by atoms with van der Waals surface area (Å²) in [6.45, 7) is 5.59. The minimum absolute atomic E-state index is 0.242. The van der Waals surface area contributed by atoms with Crippen molar-refractivity contribution in [3.63, 3.8) is 0 Å². The van der Waals surface area contributed by atoms with Gasteiger partial charge in [-0.1, -0.05) is 38.1 Å². The van der Waals surface area contributed by atoms with Crippen molar-refractivity contribution in [1.82, 2.24) is 24.8 Å². The van der Waals surface area contributed by atoms with Crippen molar-refractivity contribution in [3.8, 4) is 0 Å². The first-order valence-corrected chi connectivity index (χ1v) is 7.93. The summed E-state index contributed by atoms with van der Waals surface area (Å²) < 4.78 is 2.22. The lowest BCUT2D eigenvalue weighted by molar-refractivity contribution is 0.584. The Bertz CT molecular complexity index is 937. The molecule has 0 aliphatic rings. The number of aromatic amines is 2. The van der Waals surface area contributed by atoms with E-state index < -0.39 is 0 Å². The van der Waals surface area contributed by atoms with Gasteiger partial charge in [-0.3, -0.25) is 14.3 Å². The van der Waals surface area contributed by atoms with Gasteiger partial charge in [0.25, 0.3) is 5.56 Å². The van der Waals surface area contributed by atoms with Crippen molar-refractivity contribution < 1.29 is 0 Å². The highest BCUT2D eigenvalue weighted by Crippen LogP contribution is 2.14. The van der Waals surface area contributed by atoms with Crippen LogP contribution in [-0.2, 0) is 13.1 Å². The Hall–Kier alpha value is -2.25. The molecule has 0 saturated heterocycles. The van der Waals surface area contributed by atoms with Gasteiger partial charge in [0.05, 0.1) is 12.9 Å². The van der Waals surface area contributed by atoms with Crippen LogP contribution in [0.4, 0.5) is 0 Å². The maximum absolute atomic E-state index is 11.9. The second-order valence-electron chi connectivity index (χ2n) is 5.75. The molecule has 0 spiro atoms. The summed E-state index contributed by atoms with van der Waals surface area (Å²) in [7, 11) is 0. The van der Waals surface area contributed by atoms with Gasteiger partial charge in [-0.05, 0) is 23.3 Å². The lowest BCUT2D eigenvalue weighted by atomic mass is 10.1. The molecule has 0 unspecified atom stereocenters. The van der Waals surface area contributed by atoms with Gasteiger partial charge in [0, 0.05) is 12.6 Å². The molecule has 0 radical (unpaired) electrons. The van der Waals surface area contributed by atoms with E-state index in [0.717, 1.165) is 12.1 Å². The molecule has 0 aliphatic heterocycles. The van der Waals surface area contributed by atoms with Crippen molar-refractivity contribution in [2.75, 3.05) is 0 Å². The first kappa shape index (κ1) is 15.6. The Labute approximate surface area is 138 Å². The summed E-state index contributed by atoms with van der Waals surface area (Å²) >= 11 is 5.32. The number of hydrogen-bond acceptors (Lipinski definition) is 4. The van der Waals surface area contributed by atoms with Crippen LogP contribution in [-0.4, -0.2) is 25.6 Å². The molecule has 2 aromatic heterocycles. The summed E-state index contributed by atoms with van der Waals surface area (Å²) in [4.78, 5) is 21.7. The van der Waals surface area contributed by atoms with E-state index in [-0.39, 0.29) is 5.56 Å².